The summed E-state index contributed by atoms with van der Waals surface area (Å²) in [6.07, 6.45) is 0. The Labute approximate surface area is 101 Å². The first-order chi connectivity index (χ1) is 7.73. The fourth-order valence-corrected chi connectivity index (χ4v) is 3.61. The number of benzene rings is 1. The molecular weight excluding hydrogens is 262 g/mol. The van der Waals surface area contributed by atoms with E-state index in [1.165, 1.54) is 38.4 Å². The summed E-state index contributed by atoms with van der Waals surface area (Å²) in [5, 5.41) is 0.733. The highest BCUT2D eigenvalue weighted by Gasteiger charge is 2.25. The number of hydrogen-bond donors (Lipinski definition) is 0. The molecule has 0 spiro atoms. The second-order valence-electron chi connectivity index (χ2n) is 3.45. The molecular formula is C10H13NO4S2. The van der Waals surface area contributed by atoms with Gasteiger partial charge in [-0.05, 0) is 12.1 Å². The van der Waals surface area contributed by atoms with Gasteiger partial charge >= 0.3 is 0 Å². The molecule has 0 aliphatic rings. The Morgan fingerprint density at radius 1 is 1.06 bits per heavy atom. The molecule has 7 heteroatoms. The van der Waals surface area contributed by atoms with Crippen LogP contribution in [0, 0.1) is 0 Å². The van der Waals surface area contributed by atoms with Gasteiger partial charge < -0.3 is 0 Å². The second-order valence-corrected chi connectivity index (χ2v) is 7.43. The monoisotopic (exact) mass is 275 g/mol. The topological polar surface area (TPSA) is 71.5 Å². The predicted octanol–water partition coefficient (Wildman–Crippen LogP) is 0.854. The lowest BCUT2D eigenvalue weighted by atomic mass is 10.4. The summed E-state index contributed by atoms with van der Waals surface area (Å²) in [4.78, 5) is -0.506. The number of hydrogen-bond acceptors (Lipinski definition) is 4. The van der Waals surface area contributed by atoms with Crippen LogP contribution >= 0.6 is 0 Å². The molecule has 0 amide bonds. The highest BCUT2D eigenvalue weighted by molar-refractivity contribution is 7.95. The van der Waals surface area contributed by atoms with Gasteiger partial charge in [-0.2, -0.15) is 0 Å². The smallest absolute Gasteiger partial charge is 0.219 e. The Balaban J connectivity index is 3.65. The summed E-state index contributed by atoms with van der Waals surface area (Å²) in [6, 6.07) is 5.43. The molecule has 0 N–H and O–H groups in total. The maximum atomic E-state index is 11.9. The lowest BCUT2D eigenvalue weighted by Gasteiger charge is -2.13. The minimum absolute atomic E-state index is 0.245. The normalized spacial score (nSPS) is 12.6. The van der Waals surface area contributed by atoms with Crippen LogP contribution in [0.1, 0.15) is 0 Å². The second kappa shape index (κ2) is 4.59. The maximum absolute atomic E-state index is 11.9. The Morgan fingerprint density at radius 3 is 1.94 bits per heavy atom. The molecule has 0 aliphatic heterocycles. The van der Waals surface area contributed by atoms with Crippen molar-refractivity contribution in [3.05, 3.63) is 36.3 Å². The molecule has 0 aromatic heterocycles. The average molecular weight is 275 g/mol. The minimum atomic E-state index is -3.79. The van der Waals surface area contributed by atoms with Gasteiger partial charge in [-0.3, -0.25) is 0 Å². The van der Waals surface area contributed by atoms with Crippen LogP contribution in [0.2, 0.25) is 0 Å². The molecule has 0 saturated heterocycles. The van der Waals surface area contributed by atoms with Gasteiger partial charge in [-0.1, -0.05) is 18.7 Å². The Bertz CT molecular complexity index is 630. The molecule has 0 unspecified atom stereocenters. The van der Waals surface area contributed by atoms with Crippen LogP contribution in [0.3, 0.4) is 0 Å². The third-order valence-electron chi connectivity index (χ3n) is 2.13. The zero-order valence-corrected chi connectivity index (χ0v) is 11.1. The maximum Gasteiger partial charge on any atom is 0.243 e. The molecule has 0 atom stereocenters. The molecule has 94 valence electrons. The molecule has 1 aromatic rings. The molecule has 0 radical (unpaired) electrons. The van der Waals surface area contributed by atoms with E-state index < -0.39 is 19.9 Å². The molecule has 0 heterocycles. The van der Waals surface area contributed by atoms with Crippen molar-refractivity contribution in [2.45, 2.75) is 9.79 Å². The van der Waals surface area contributed by atoms with Gasteiger partial charge in [-0.25, -0.2) is 21.1 Å². The van der Waals surface area contributed by atoms with Crippen LogP contribution in [-0.2, 0) is 19.9 Å². The Kier molecular flexibility index (Phi) is 3.75. The fourth-order valence-electron chi connectivity index (χ4n) is 1.18. The van der Waals surface area contributed by atoms with E-state index in [-0.39, 0.29) is 9.79 Å². The molecule has 1 aromatic carbocycles. The average Bonchev–Trinajstić information content (AvgIpc) is 2.29. The molecule has 0 saturated carbocycles. The third kappa shape index (κ3) is 2.56. The summed E-state index contributed by atoms with van der Waals surface area (Å²) in [6.45, 7) is 3.18. The number of nitrogens with zero attached hydrogens (tertiary/aromatic N) is 1. The van der Waals surface area contributed by atoms with E-state index in [0.717, 1.165) is 9.71 Å². The highest BCUT2D eigenvalue weighted by Crippen LogP contribution is 2.23. The lowest BCUT2D eigenvalue weighted by molar-refractivity contribution is 0.517. The first kappa shape index (κ1) is 13.9. The number of sulfonamides is 1. The van der Waals surface area contributed by atoms with Gasteiger partial charge in [0, 0.05) is 19.5 Å². The van der Waals surface area contributed by atoms with Crippen molar-refractivity contribution in [2.24, 2.45) is 0 Å². The first-order valence-electron chi connectivity index (χ1n) is 4.62. The van der Waals surface area contributed by atoms with E-state index in [0.29, 0.717) is 0 Å². The number of sulfone groups is 1. The van der Waals surface area contributed by atoms with Gasteiger partial charge in [0.15, 0.2) is 0 Å². The van der Waals surface area contributed by atoms with Gasteiger partial charge in [0.05, 0.1) is 4.90 Å². The van der Waals surface area contributed by atoms with Crippen LogP contribution in [0.5, 0.6) is 0 Å². The SMILES string of the molecule is C=CS(=O)(=O)c1ccccc1S(=O)(=O)N(C)C. The minimum Gasteiger partial charge on any atom is -0.219 e. The summed E-state index contributed by atoms with van der Waals surface area (Å²) >= 11 is 0. The van der Waals surface area contributed by atoms with Crippen molar-refractivity contribution in [1.82, 2.24) is 4.31 Å². The van der Waals surface area contributed by atoms with Crippen molar-refractivity contribution in [2.75, 3.05) is 14.1 Å². The highest BCUT2D eigenvalue weighted by atomic mass is 32.2. The van der Waals surface area contributed by atoms with Crippen molar-refractivity contribution < 1.29 is 16.8 Å². The fraction of sp³-hybridized carbons (Fsp3) is 0.200. The third-order valence-corrected chi connectivity index (χ3v) is 5.54. The zero-order valence-electron chi connectivity index (χ0n) is 9.49. The molecule has 5 nitrogen and oxygen atoms in total. The predicted molar refractivity (Wildman–Crippen MR) is 64.7 cm³/mol. The van der Waals surface area contributed by atoms with Gasteiger partial charge in [0.25, 0.3) is 0 Å². The largest absolute Gasteiger partial charge is 0.243 e. The van der Waals surface area contributed by atoms with Crippen LogP contribution in [0.4, 0.5) is 0 Å². The van der Waals surface area contributed by atoms with Crippen molar-refractivity contribution in [3.8, 4) is 0 Å². The van der Waals surface area contributed by atoms with Gasteiger partial charge in [0.2, 0.25) is 19.9 Å². The van der Waals surface area contributed by atoms with E-state index in [1.54, 1.807) is 0 Å². The van der Waals surface area contributed by atoms with Crippen molar-refractivity contribution in [3.63, 3.8) is 0 Å². The Morgan fingerprint density at radius 2 is 1.53 bits per heavy atom. The van der Waals surface area contributed by atoms with Crippen LogP contribution in [0.25, 0.3) is 0 Å². The lowest BCUT2D eigenvalue weighted by Crippen LogP contribution is -2.23. The Hall–Kier alpha value is -1.18. The van der Waals surface area contributed by atoms with Crippen molar-refractivity contribution in [1.29, 1.82) is 0 Å². The van der Waals surface area contributed by atoms with E-state index >= 15 is 0 Å². The quantitative estimate of drug-likeness (QED) is 0.817. The first-order valence-corrected chi connectivity index (χ1v) is 7.61. The molecule has 1 rings (SSSR count). The van der Waals surface area contributed by atoms with E-state index in [2.05, 4.69) is 6.58 Å². The van der Waals surface area contributed by atoms with Crippen LogP contribution in [-0.4, -0.2) is 35.2 Å². The summed E-state index contributed by atoms with van der Waals surface area (Å²) in [5.41, 5.74) is 0. The van der Waals surface area contributed by atoms with Crippen LogP contribution in [0.15, 0.2) is 46.0 Å². The van der Waals surface area contributed by atoms with Gasteiger partial charge in [0.1, 0.15) is 4.90 Å². The molecule has 0 bridgehead atoms. The van der Waals surface area contributed by atoms with E-state index in [1.807, 2.05) is 0 Å². The summed E-state index contributed by atoms with van der Waals surface area (Å²) < 4.78 is 48.2. The standard InChI is InChI=1S/C10H13NO4S2/c1-4-16(12,13)9-7-5-6-8-10(9)17(14,15)11(2)3/h4-8H,1H2,2-3H3. The summed E-state index contributed by atoms with van der Waals surface area (Å²) in [7, 11) is -4.90. The zero-order chi connectivity index (χ0) is 13.3. The molecule has 17 heavy (non-hydrogen) atoms. The van der Waals surface area contributed by atoms with Crippen LogP contribution < -0.4 is 0 Å². The molecule has 0 aliphatic carbocycles. The summed E-state index contributed by atoms with van der Waals surface area (Å²) in [5.74, 6) is 0. The van der Waals surface area contributed by atoms with E-state index in [9.17, 15) is 16.8 Å². The van der Waals surface area contributed by atoms with Crippen molar-refractivity contribution >= 4 is 19.9 Å². The molecule has 0 fully saturated rings. The number of rotatable bonds is 4. The van der Waals surface area contributed by atoms with E-state index in [4.69, 9.17) is 0 Å². The van der Waals surface area contributed by atoms with Gasteiger partial charge in [-0.15, -0.1) is 0 Å².